The number of hydrogen-bond acceptors (Lipinski definition) is 3. The van der Waals surface area contributed by atoms with Gasteiger partial charge in [0.15, 0.2) is 0 Å². The van der Waals surface area contributed by atoms with E-state index in [4.69, 9.17) is 4.74 Å². The molecule has 0 bridgehead atoms. The average Bonchev–Trinajstić information content (AvgIpc) is 2.64. The third-order valence-electron chi connectivity index (χ3n) is 3.04. The minimum absolute atomic E-state index is 0.275. The van der Waals surface area contributed by atoms with Crippen molar-refractivity contribution in [3.05, 3.63) is 0 Å². The zero-order valence-corrected chi connectivity index (χ0v) is 9.86. The number of nitrogens with zero attached hydrogens (tertiary/aromatic N) is 1. The lowest BCUT2D eigenvalue weighted by Gasteiger charge is -2.33. The molecule has 5 heteroatoms. The van der Waals surface area contributed by atoms with Crippen LogP contribution in [-0.4, -0.2) is 40.8 Å². The van der Waals surface area contributed by atoms with Crippen LogP contribution in [0.3, 0.4) is 0 Å². The van der Waals surface area contributed by atoms with Gasteiger partial charge in [-0.15, -0.1) is 0 Å². The molecule has 1 unspecified atom stereocenters. The summed E-state index contributed by atoms with van der Waals surface area (Å²) < 4.78 is 4.90. The van der Waals surface area contributed by atoms with E-state index in [9.17, 15) is 14.7 Å². The molecule has 1 saturated heterocycles. The molecule has 0 aliphatic carbocycles. The molecule has 0 radical (unpaired) electrons. The molecule has 1 N–H and O–H groups in total. The van der Waals surface area contributed by atoms with Crippen LogP contribution < -0.4 is 0 Å². The third kappa shape index (κ3) is 2.13. The summed E-state index contributed by atoms with van der Waals surface area (Å²) in [5.41, 5.74) is -1.04. The lowest BCUT2D eigenvalue weighted by molar-refractivity contribution is -0.149. The Morgan fingerprint density at radius 2 is 2.12 bits per heavy atom. The number of ether oxygens (including phenoxy) is 1. The largest absolute Gasteiger partial charge is 0.479 e. The van der Waals surface area contributed by atoms with Gasteiger partial charge in [0.25, 0.3) is 0 Å². The van der Waals surface area contributed by atoms with Gasteiger partial charge in [0, 0.05) is 6.54 Å². The number of rotatable bonds is 4. The van der Waals surface area contributed by atoms with Gasteiger partial charge in [-0.25, -0.2) is 9.59 Å². The first kappa shape index (κ1) is 12.8. The van der Waals surface area contributed by atoms with Gasteiger partial charge in [-0.3, -0.25) is 4.90 Å². The summed E-state index contributed by atoms with van der Waals surface area (Å²) in [6.07, 6.45) is 1.97. The maximum Gasteiger partial charge on any atom is 0.410 e. The van der Waals surface area contributed by atoms with E-state index in [1.807, 2.05) is 6.92 Å². The van der Waals surface area contributed by atoms with Crippen molar-refractivity contribution < 1.29 is 19.4 Å². The normalized spacial score (nSPS) is 24.5. The van der Waals surface area contributed by atoms with Crippen LogP contribution in [0.25, 0.3) is 0 Å². The van der Waals surface area contributed by atoms with Crippen molar-refractivity contribution in [3.63, 3.8) is 0 Å². The van der Waals surface area contributed by atoms with E-state index in [2.05, 4.69) is 0 Å². The molecule has 1 fully saturated rings. The van der Waals surface area contributed by atoms with E-state index in [0.29, 0.717) is 19.4 Å². The summed E-state index contributed by atoms with van der Waals surface area (Å²) in [4.78, 5) is 24.4. The van der Waals surface area contributed by atoms with Crippen molar-refractivity contribution in [2.45, 2.75) is 45.1 Å². The molecule has 1 atom stereocenters. The lowest BCUT2D eigenvalue weighted by Crippen LogP contribution is -2.53. The second-order valence-corrected chi connectivity index (χ2v) is 4.04. The highest BCUT2D eigenvalue weighted by Crippen LogP contribution is 2.34. The van der Waals surface area contributed by atoms with Gasteiger partial charge in [-0.2, -0.15) is 0 Å². The highest BCUT2D eigenvalue weighted by molar-refractivity contribution is 5.85. The van der Waals surface area contributed by atoms with Crippen molar-refractivity contribution in [1.29, 1.82) is 0 Å². The summed E-state index contributed by atoms with van der Waals surface area (Å²) in [6, 6.07) is 0. The SMILES string of the molecule is CCCC1(C(=O)O)CCCN1C(=O)OCC. The molecular formula is C11H19NO4. The summed E-state index contributed by atoms with van der Waals surface area (Å²) in [5.74, 6) is -0.917. The van der Waals surface area contributed by atoms with Crippen LogP contribution in [0.2, 0.25) is 0 Å². The first-order valence-corrected chi connectivity index (χ1v) is 5.76. The molecular weight excluding hydrogens is 210 g/mol. The predicted octanol–water partition coefficient (Wildman–Crippen LogP) is 1.86. The highest BCUT2D eigenvalue weighted by Gasteiger charge is 2.49. The Kier molecular flexibility index (Phi) is 4.15. The van der Waals surface area contributed by atoms with Gasteiger partial charge in [0.1, 0.15) is 5.54 Å². The molecule has 1 rings (SSSR count). The number of carboxylic acid groups (broad SMARTS) is 1. The van der Waals surface area contributed by atoms with Crippen LogP contribution in [0.1, 0.15) is 39.5 Å². The van der Waals surface area contributed by atoms with Crippen molar-refractivity contribution in [1.82, 2.24) is 4.90 Å². The molecule has 0 aromatic rings. The van der Waals surface area contributed by atoms with E-state index in [-0.39, 0.29) is 6.61 Å². The van der Waals surface area contributed by atoms with Crippen molar-refractivity contribution >= 4 is 12.1 Å². The van der Waals surface area contributed by atoms with E-state index < -0.39 is 17.6 Å². The molecule has 92 valence electrons. The van der Waals surface area contributed by atoms with Crippen LogP contribution in [-0.2, 0) is 9.53 Å². The highest BCUT2D eigenvalue weighted by atomic mass is 16.6. The first-order chi connectivity index (χ1) is 7.58. The van der Waals surface area contributed by atoms with Crippen LogP contribution in [0.4, 0.5) is 4.79 Å². The van der Waals surface area contributed by atoms with Gasteiger partial charge in [-0.1, -0.05) is 13.3 Å². The minimum atomic E-state index is -1.04. The number of amides is 1. The Bertz CT molecular complexity index is 279. The fourth-order valence-electron chi connectivity index (χ4n) is 2.35. The van der Waals surface area contributed by atoms with Crippen molar-refractivity contribution in [2.75, 3.05) is 13.2 Å². The van der Waals surface area contributed by atoms with E-state index >= 15 is 0 Å². The topological polar surface area (TPSA) is 66.8 Å². The zero-order valence-electron chi connectivity index (χ0n) is 9.86. The Morgan fingerprint density at radius 3 is 2.62 bits per heavy atom. The predicted molar refractivity (Wildman–Crippen MR) is 58.2 cm³/mol. The van der Waals surface area contributed by atoms with Crippen LogP contribution in [0, 0.1) is 0 Å². The molecule has 0 spiro atoms. The molecule has 16 heavy (non-hydrogen) atoms. The second-order valence-electron chi connectivity index (χ2n) is 4.04. The number of likely N-dealkylation sites (tertiary alicyclic amines) is 1. The molecule has 1 amide bonds. The summed E-state index contributed by atoms with van der Waals surface area (Å²) in [7, 11) is 0. The summed E-state index contributed by atoms with van der Waals surface area (Å²) in [6.45, 7) is 4.39. The van der Waals surface area contributed by atoms with Crippen LogP contribution in [0.5, 0.6) is 0 Å². The Hall–Kier alpha value is -1.26. The molecule has 1 aliphatic heterocycles. The Balaban J connectivity index is 2.89. The van der Waals surface area contributed by atoms with E-state index in [0.717, 1.165) is 12.8 Å². The Morgan fingerprint density at radius 1 is 1.44 bits per heavy atom. The first-order valence-electron chi connectivity index (χ1n) is 5.76. The maximum absolute atomic E-state index is 11.7. The lowest BCUT2D eigenvalue weighted by atomic mass is 9.91. The number of hydrogen-bond donors (Lipinski definition) is 1. The van der Waals surface area contributed by atoms with Gasteiger partial charge in [0.05, 0.1) is 6.61 Å². The fourth-order valence-corrected chi connectivity index (χ4v) is 2.35. The standard InChI is InChI=1S/C11H19NO4/c1-3-6-11(9(13)14)7-5-8-12(11)10(15)16-4-2/h3-8H2,1-2H3,(H,13,14). The number of carboxylic acids is 1. The van der Waals surface area contributed by atoms with Gasteiger partial charge >= 0.3 is 12.1 Å². The van der Waals surface area contributed by atoms with Crippen LogP contribution >= 0.6 is 0 Å². The maximum atomic E-state index is 11.7. The monoisotopic (exact) mass is 229 g/mol. The molecule has 0 aromatic carbocycles. The van der Waals surface area contributed by atoms with Gasteiger partial charge in [-0.05, 0) is 26.2 Å². The molecule has 0 saturated carbocycles. The quantitative estimate of drug-likeness (QED) is 0.799. The van der Waals surface area contributed by atoms with Gasteiger partial charge in [0.2, 0.25) is 0 Å². The van der Waals surface area contributed by atoms with Crippen molar-refractivity contribution in [2.24, 2.45) is 0 Å². The number of carbonyl (C=O) groups excluding carboxylic acids is 1. The number of aliphatic carboxylic acids is 1. The average molecular weight is 229 g/mol. The smallest absolute Gasteiger partial charge is 0.410 e. The molecule has 1 aliphatic rings. The van der Waals surface area contributed by atoms with Crippen molar-refractivity contribution in [3.8, 4) is 0 Å². The number of carbonyl (C=O) groups is 2. The molecule has 1 heterocycles. The molecule has 5 nitrogen and oxygen atoms in total. The summed E-state index contributed by atoms with van der Waals surface area (Å²) >= 11 is 0. The fraction of sp³-hybridized carbons (Fsp3) is 0.818. The zero-order chi connectivity index (χ0) is 12.2. The Labute approximate surface area is 95.4 Å². The van der Waals surface area contributed by atoms with Crippen LogP contribution in [0.15, 0.2) is 0 Å². The van der Waals surface area contributed by atoms with E-state index in [1.54, 1.807) is 6.92 Å². The molecule has 0 aromatic heterocycles. The summed E-state index contributed by atoms with van der Waals surface area (Å²) in [5, 5.41) is 9.33. The minimum Gasteiger partial charge on any atom is -0.479 e. The van der Waals surface area contributed by atoms with E-state index in [1.165, 1.54) is 4.90 Å². The third-order valence-corrected chi connectivity index (χ3v) is 3.04. The van der Waals surface area contributed by atoms with Gasteiger partial charge < -0.3 is 9.84 Å². The second kappa shape index (κ2) is 5.18.